The van der Waals surface area contributed by atoms with Gasteiger partial charge in [0, 0.05) is 23.9 Å². The molecule has 2 aromatic rings. The molecular weight excluding hydrogens is 338 g/mol. The summed E-state index contributed by atoms with van der Waals surface area (Å²) >= 11 is 0. The van der Waals surface area contributed by atoms with Gasteiger partial charge in [-0.3, -0.25) is 9.59 Å². The number of anilines is 1. The van der Waals surface area contributed by atoms with Crippen LogP contribution in [0.25, 0.3) is 0 Å². The molecule has 1 unspecified atom stereocenters. The van der Waals surface area contributed by atoms with Crippen molar-refractivity contribution in [2.45, 2.75) is 32.3 Å². The lowest BCUT2D eigenvalue weighted by Crippen LogP contribution is -2.17. The van der Waals surface area contributed by atoms with Crippen molar-refractivity contribution in [1.82, 2.24) is 0 Å². The first-order valence-corrected chi connectivity index (χ1v) is 8.47. The van der Waals surface area contributed by atoms with Gasteiger partial charge in [-0.2, -0.15) is 0 Å². The zero-order chi connectivity index (χ0) is 18.5. The number of carboxylic acid groups (broad SMARTS) is 1. The Morgan fingerprint density at radius 2 is 2.23 bits per heavy atom. The Morgan fingerprint density at radius 1 is 1.38 bits per heavy atom. The van der Waals surface area contributed by atoms with Crippen molar-refractivity contribution in [2.75, 3.05) is 18.5 Å². The van der Waals surface area contributed by atoms with Crippen molar-refractivity contribution in [3.05, 3.63) is 47.4 Å². The third-order valence-corrected chi connectivity index (χ3v) is 4.14. The van der Waals surface area contributed by atoms with Crippen LogP contribution in [0.4, 0.5) is 5.69 Å². The predicted octanol–water partition coefficient (Wildman–Crippen LogP) is 3.03. The molecule has 7 heteroatoms. The molecule has 138 valence electrons. The number of carbonyl (C=O) groups is 2. The quantitative estimate of drug-likeness (QED) is 0.788. The van der Waals surface area contributed by atoms with Crippen molar-refractivity contribution in [3.8, 4) is 5.75 Å². The van der Waals surface area contributed by atoms with Gasteiger partial charge in [-0.15, -0.1) is 0 Å². The summed E-state index contributed by atoms with van der Waals surface area (Å²) in [7, 11) is 0. The maximum Gasteiger partial charge on any atom is 0.311 e. The number of nitrogens with one attached hydrogen (secondary N) is 1. The van der Waals surface area contributed by atoms with E-state index in [1.165, 1.54) is 6.26 Å². The Hall–Kier alpha value is -2.80. The normalized spacial score (nSPS) is 16.4. The van der Waals surface area contributed by atoms with Gasteiger partial charge in [0.05, 0.1) is 17.9 Å². The zero-order valence-corrected chi connectivity index (χ0v) is 14.5. The molecule has 1 atom stereocenters. The van der Waals surface area contributed by atoms with E-state index in [0.717, 1.165) is 19.4 Å². The average Bonchev–Trinajstić information content (AvgIpc) is 3.23. The highest BCUT2D eigenvalue weighted by Crippen LogP contribution is 2.22. The number of benzene rings is 1. The lowest BCUT2D eigenvalue weighted by molar-refractivity contribution is -0.136. The fourth-order valence-corrected chi connectivity index (χ4v) is 2.89. The number of furan rings is 1. The third kappa shape index (κ3) is 4.43. The van der Waals surface area contributed by atoms with E-state index in [2.05, 4.69) is 5.32 Å². The van der Waals surface area contributed by atoms with E-state index in [9.17, 15) is 9.59 Å². The fraction of sp³-hybridized carbons (Fsp3) is 0.368. The Balaban J connectivity index is 1.67. The smallest absolute Gasteiger partial charge is 0.311 e. The molecule has 2 heterocycles. The summed E-state index contributed by atoms with van der Waals surface area (Å²) < 4.78 is 16.5. The van der Waals surface area contributed by atoms with Gasteiger partial charge in [0.1, 0.15) is 24.5 Å². The first kappa shape index (κ1) is 18.0. The first-order chi connectivity index (χ1) is 12.5. The van der Waals surface area contributed by atoms with Crippen LogP contribution in [0.3, 0.4) is 0 Å². The third-order valence-electron chi connectivity index (χ3n) is 4.14. The number of carboxylic acids is 1. The lowest BCUT2D eigenvalue weighted by atomic mass is 10.1. The number of hydrogen-bond acceptors (Lipinski definition) is 5. The number of hydrogen-bond donors (Lipinski definition) is 2. The van der Waals surface area contributed by atoms with Gasteiger partial charge in [0.2, 0.25) is 0 Å². The maximum absolute atomic E-state index is 12.6. The van der Waals surface area contributed by atoms with E-state index in [1.54, 1.807) is 25.1 Å². The second kappa shape index (κ2) is 8.05. The van der Waals surface area contributed by atoms with Gasteiger partial charge in [-0.25, -0.2) is 0 Å². The molecule has 0 spiro atoms. The van der Waals surface area contributed by atoms with E-state index in [-0.39, 0.29) is 23.8 Å². The standard InChI is InChI=1S/C19H21NO6/c1-12-10-26-16(9-17(21)22)18(12)19(23)20-13-4-2-5-14(8-13)25-11-15-6-3-7-24-15/h2,4-5,8,10,15H,3,6-7,9,11H2,1H3,(H,20,23)(H,21,22). The first-order valence-electron chi connectivity index (χ1n) is 8.47. The van der Waals surface area contributed by atoms with Gasteiger partial charge in [-0.05, 0) is 31.9 Å². The number of carbonyl (C=O) groups excluding carboxylic acids is 1. The molecule has 0 radical (unpaired) electrons. The number of amides is 1. The summed E-state index contributed by atoms with van der Waals surface area (Å²) in [5.41, 5.74) is 1.39. The number of aliphatic carboxylic acids is 1. The molecule has 1 saturated heterocycles. The van der Waals surface area contributed by atoms with E-state index < -0.39 is 11.9 Å². The molecule has 1 aromatic carbocycles. The van der Waals surface area contributed by atoms with Crippen molar-refractivity contribution >= 4 is 17.6 Å². The summed E-state index contributed by atoms with van der Waals surface area (Å²) in [6, 6.07) is 7.05. The summed E-state index contributed by atoms with van der Waals surface area (Å²) in [6.45, 7) is 2.94. The average molecular weight is 359 g/mol. The van der Waals surface area contributed by atoms with E-state index >= 15 is 0 Å². The van der Waals surface area contributed by atoms with Crippen LogP contribution in [0, 0.1) is 6.92 Å². The van der Waals surface area contributed by atoms with Crippen molar-refractivity contribution in [2.24, 2.45) is 0 Å². The van der Waals surface area contributed by atoms with Crippen molar-refractivity contribution in [3.63, 3.8) is 0 Å². The Kier molecular flexibility index (Phi) is 5.58. The maximum atomic E-state index is 12.6. The van der Waals surface area contributed by atoms with Crippen LogP contribution in [-0.4, -0.2) is 36.3 Å². The van der Waals surface area contributed by atoms with E-state index in [4.69, 9.17) is 19.0 Å². The number of aryl methyl sites for hydroxylation is 1. The molecule has 7 nitrogen and oxygen atoms in total. The van der Waals surface area contributed by atoms with Gasteiger partial charge in [-0.1, -0.05) is 6.07 Å². The number of ether oxygens (including phenoxy) is 2. The molecule has 1 aliphatic rings. The largest absolute Gasteiger partial charge is 0.491 e. The summed E-state index contributed by atoms with van der Waals surface area (Å²) in [5, 5.41) is 11.7. The molecule has 3 rings (SSSR count). The molecule has 26 heavy (non-hydrogen) atoms. The lowest BCUT2D eigenvalue weighted by Gasteiger charge is -2.12. The van der Waals surface area contributed by atoms with Crippen LogP contribution in [0.15, 0.2) is 34.9 Å². The number of rotatable bonds is 7. The zero-order valence-electron chi connectivity index (χ0n) is 14.5. The van der Waals surface area contributed by atoms with E-state index in [0.29, 0.717) is 23.6 Å². The van der Waals surface area contributed by atoms with Gasteiger partial charge in [0.15, 0.2) is 0 Å². The Morgan fingerprint density at radius 3 is 2.96 bits per heavy atom. The van der Waals surface area contributed by atoms with E-state index in [1.807, 2.05) is 6.07 Å². The van der Waals surface area contributed by atoms with Crippen LogP contribution in [0.1, 0.15) is 34.5 Å². The summed E-state index contributed by atoms with van der Waals surface area (Å²) in [5.74, 6) is -0.701. The molecule has 1 amide bonds. The second-order valence-corrected chi connectivity index (χ2v) is 6.22. The fourth-order valence-electron chi connectivity index (χ4n) is 2.89. The van der Waals surface area contributed by atoms with Gasteiger partial charge >= 0.3 is 5.97 Å². The minimum Gasteiger partial charge on any atom is -0.491 e. The molecule has 2 N–H and O–H groups in total. The second-order valence-electron chi connectivity index (χ2n) is 6.22. The molecule has 1 aliphatic heterocycles. The molecule has 0 bridgehead atoms. The highest BCUT2D eigenvalue weighted by molar-refractivity contribution is 6.06. The molecular formula is C19H21NO6. The SMILES string of the molecule is Cc1coc(CC(=O)O)c1C(=O)Nc1cccc(OCC2CCCO2)c1. The summed E-state index contributed by atoms with van der Waals surface area (Å²) in [6.07, 6.45) is 3.19. The molecule has 1 aromatic heterocycles. The monoisotopic (exact) mass is 359 g/mol. The van der Waals surface area contributed by atoms with Gasteiger partial charge < -0.3 is 24.3 Å². The minimum absolute atomic E-state index is 0.111. The Bertz CT molecular complexity index is 791. The molecule has 1 fully saturated rings. The van der Waals surface area contributed by atoms with Crippen LogP contribution in [0.2, 0.25) is 0 Å². The molecule has 0 saturated carbocycles. The topological polar surface area (TPSA) is 98.0 Å². The van der Waals surface area contributed by atoms with Crippen molar-refractivity contribution in [1.29, 1.82) is 0 Å². The molecule has 0 aliphatic carbocycles. The Labute approximate surface area is 150 Å². The minimum atomic E-state index is -1.06. The van der Waals surface area contributed by atoms with Crippen molar-refractivity contribution < 1.29 is 28.6 Å². The van der Waals surface area contributed by atoms with Crippen LogP contribution < -0.4 is 10.1 Å². The van der Waals surface area contributed by atoms with Gasteiger partial charge in [0.25, 0.3) is 5.91 Å². The predicted molar refractivity (Wildman–Crippen MR) is 93.6 cm³/mol. The van der Waals surface area contributed by atoms with Crippen LogP contribution >= 0.6 is 0 Å². The highest BCUT2D eigenvalue weighted by Gasteiger charge is 2.21. The summed E-state index contributed by atoms with van der Waals surface area (Å²) in [4.78, 5) is 23.5. The highest BCUT2D eigenvalue weighted by atomic mass is 16.5. The van der Waals surface area contributed by atoms with Crippen LogP contribution in [-0.2, 0) is 16.0 Å². The van der Waals surface area contributed by atoms with Crippen LogP contribution in [0.5, 0.6) is 5.75 Å².